The van der Waals surface area contributed by atoms with E-state index < -0.39 is 0 Å². The average Bonchev–Trinajstić information content (AvgIpc) is 2.91. The van der Waals surface area contributed by atoms with Gasteiger partial charge < -0.3 is 20.9 Å². The van der Waals surface area contributed by atoms with Gasteiger partial charge in [0.25, 0.3) is 0 Å². The van der Waals surface area contributed by atoms with Crippen LogP contribution in [0.15, 0.2) is 5.38 Å². The number of hydrogen-bond acceptors (Lipinski definition) is 6. The van der Waals surface area contributed by atoms with Gasteiger partial charge in [0.05, 0.1) is 18.8 Å². The van der Waals surface area contributed by atoms with Crippen molar-refractivity contribution >= 4 is 53.1 Å². The molecule has 2 amide bonds. The quantitative estimate of drug-likeness (QED) is 0.780. The predicted molar refractivity (Wildman–Crippen MR) is 92.2 cm³/mol. The minimum Gasteiger partial charge on any atom is -0.346 e. The number of amides is 2. The third-order valence-corrected chi connectivity index (χ3v) is 4.15. The van der Waals surface area contributed by atoms with Gasteiger partial charge in [0.15, 0.2) is 5.13 Å². The highest BCUT2D eigenvalue weighted by Gasteiger charge is 2.22. The maximum Gasteiger partial charge on any atom is 0.242 e. The van der Waals surface area contributed by atoms with E-state index >= 15 is 0 Å². The summed E-state index contributed by atoms with van der Waals surface area (Å²) >= 11 is 1.62. The molecule has 1 aromatic rings. The lowest BCUT2D eigenvalue weighted by atomic mass is 10.3. The van der Waals surface area contributed by atoms with Crippen molar-refractivity contribution < 1.29 is 9.59 Å². The van der Waals surface area contributed by atoms with Gasteiger partial charge in [-0.25, -0.2) is 4.98 Å². The Bertz CT molecular complexity index is 492. The smallest absolute Gasteiger partial charge is 0.242 e. The van der Waals surface area contributed by atoms with Crippen molar-refractivity contribution in [1.82, 2.24) is 15.2 Å². The zero-order valence-corrected chi connectivity index (χ0v) is 14.7. The van der Waals surface area contributed by atoms with Crippen LogP contribution in [0.5, 0.6) is 0 Å². The SMILES string of the molecule is Cc1csc(N2CCN(C(=O)CNC(=O)CN)CC2)n1.Cl.Cl. The Morgan fingerprint density at radius 1 is 1.32 bits per heavy atom. The van der Waals surface area contributed by atoms with Crippen molar-refractivity contribution in [2.24, 2.45) is 5.73 Å². The Kier molecular flexibility index (Phi) is 9.34. The van der Waals surface area contributed by atoms with Crippen molar-refractivity contribution in [2.75, 3.05) is 44.2 Å². The number of carbonyl (C=O) groups is 2. The Balaban J connectivity index is 0.00000220. The molecule has 1 aromatic heterocycles. The van der Waals surface area contributed by atoms with Gasteiger partial charge in [0.1, 0.15) is 0 Å². The van der Waals surface area contributed by atoms with E-state index in [1.807, 2.05) is 12.3 Å². The molecule has 10 heteroatoms. The fourth-order valence-electron chi connectivity index (χ4n) is 1.99. The minimum absolute atomic E-state index is 0. The van der Waals surface area contributed by atoms with Crippen LogP contribution < -0.4 is 16.0 Å². The molecule has 0 unspecified atom stereocenters. The minimum atomic E-state index is -0.310. The maximum absolute atomic E-state index is 11.9. The highest BCUT2D eigenvalue weighted by Crippen LogP contribution is 2.21. The second kappa shape index (κ2) is 9.83. The molecule has 7 nitrogen and oxygen atoms in total. The van der Waals surface area contributed by atoms with Gasteiger partial charge in [0.2, 0.25) is 11.8 Å². The van der Waals surface area contributed by atoms with Crippen LogP contribution in [-0.2, 0) is 9.59 Å². The third kappa shape index (κ3) is 5.60. The monoisotopic (exact) mass is 369 g/mol. The number of nitrogens with zero attached hydrogens (tertiary/aromatic N) is 3. The molecule has 0 radical (unpaired) electrons. The van der Waals surface area contributed by atoms with Gasteiger partial charge in [-0.3, -0.25) is 9.59 Å². The summed E-state index contributed by atoms with van der Waals surface area (Å²) in [6, 6.07) is 0. The molecule has 3 N–H and O–H groups in total. The molecule has 1 saturated heterocycles. The molecular weight excluding hydrogens is 349 g/mol. The standard InChI is InChI=1S/C12H19N5O2S.2ClH/c1-9-8-20-12(15-9)17-4-2-16(3-5-17)11(19)7-14-10(18)6-13;;/h8H,2-7,13H2,1H3,(H,14,18);2*1H. The lowest BCUT2D eigenvalue weighted by Gasteiger charge is -2.34. The molecule has 1 aliphatic rings. The van der Waals surface area contributed by atoms with Crippen LogP contribution in [0.1, 0.15) is 5.69 Å². The molecular formula is C12H21Cl2N5O2S. The summed E-state index contributed by atoms with van der Waals surface area (Å²) in [5.74, 6) is -0.378. The second-order valence-electron chi connectivity index (χ2n) is 4.62. The first-order chi connectivity index (χ1) is 9.60. The third-order valence-electron chi connectivity index (χ3n) is 3.13. The number of halogens is 2. The second-order valence-corrected chi connectivity index (χ2v) is 5.46. The van der Waals surface area contributed by atoms with Crippen LogP contribution in [0.3, 0.4) is 0 Å². The fraction of sp³-hybridized carbons (Fsp3) is 0.583. The summed E-state index contributed by atoms with van der Waals surface area (Å²) in [5.41, 5.74) is 6.19. The van der Waals surface area contributed by atoms with Gasteiger partial charge >= 0.3 is 0 Å². The van der Waals surface area contributed by atoms with Crippen LogP contribution in [0.25, 0.3) is 0 Å². The van der Waals surface area contributed by atoms with Crippen molar-refractivity contribution in [1.29, 1.82) is 0 Å². The molecule has 0 saturated carbocycles. The van der Waals surface area contributed by atoms with Crippen molar-refractivity contribution in [3.05, 3.63) is 11.1 Å². The van der Waals surface area contributed by atoms with Crippen LogP contribution >= 0.6 is 36.2 Å². The summed E-state index contributed by atoms with van der Waals surface area (Å²) < 4.78 is 0. The number of piperazine rings is 1. The summed E-state index contributed by atoms with van der Waals surface area (Å²) in [7, 11) is 0. The van der Waals surface area contributed by atoms with E-state index in [-0.39, 0.29) is 49.7 Å². The van der Waals surface area contributed by atoms with Crippen LogP contribution in [0, 0.1) is 6.92 Å². The summed E-state index contributed by atoms with van der Waals surface area (Å²) in [6.07, 6.45) is 0. The predicted octanol–water partition coefficient (Wildman–Crippen LogP) is 0.0186. The van der Waals surface area contributed by atoms with Crippen molar-refractivity contribution in [3.8, 4) is 0 Å². The number of nitrogens with two attached hydrogens (primary N) is 1. The highest BCUT2D eigenvalue weighted by atomic mass is 35.5. The van der Waals surface area contributed by atoms with Gasteiger partial charge in [-0.05, 0) is 6.92 Å². The first-order valence-electron chi connectivity index (χ1n) is 6.51. The van der Waals surface area contributed by atoms with Gasteiger partial charge in [-0.1, -0.05) is 0 Å². The first-order valence-corrected chi connectivity index (χ1v) is 7.39. The van der Waals surface area contributed by atoms with E-state index in [1.54, 1.807) is 16.2 Å². The molecule has 0 atom stereocenters. The average molecular weight is 370 g/mol. The molecule has 1 aliphatic heterocycles. The van der Waals surface area contributed by atoms with Crippen molar-refractivity contribution in [2.45, 2.75) is 6.92 Å². The van der Waals surface area contributed by atoms with Crippen LogP contribution in [-0.4, -0.2) is 61.0 Å². The zero-order valence-electron chi connectivity index (χ0n) is 12.3. The van der Waals surface area contributed by atoms with E-state index in [4.69, 9.17) is 5.73 Å². The van der Waals surface area contributed by atoms with Crippen LogP contribution in [0.4, 0.5) is 5.13 Å². The molecule has 2 heterocycles. The Morgan fingerprint density at radius 3 is 2.45 bits per heavy atom. The van der Waals surface area contributed by atoms with E-state index in [0.717, 1.165) is 23.9 Å². The molecule has 1 fully saturated rings. The van der Waals surface area contributed by atoms with E-state index in [0.29, 0.717) is 13.1 Å². The van der Waals surface area contributed by atoms with E-state index in [9.17, 15) is 9.59 Å². The number of rotatable bonds is 4. The normalized spacial score (nSPS) is 13.9. The van der Waals surface area contributed by atoms with E-state index in [2.05, 4.69) is 15.2 Å². The molecule has 0 bridgehead atoms. The number of thiazole rings is 1. The Morgan fingerprint density at radius 2 is 1.95 bits per heavy atom. The zero-order chi connectivity index (χ0) is 14.5. The molecule has 0 aromatic carbocycles. The Hall–Kier alpha value is -1.09. The lowest BCUT2D eigenvalue weighted by Crippen LogP contribution is -2.51. The summed E-state index contributed by atoms with van der Waals surface area (Å²) in [6.45, 7) is 4.73. The molecule has 126 valence electrons. The number of aromatic nitrogens is 1. The number of hydrogen-bond donors (Lipinski definition) is 2. The fourth-order valence-corrected chi connectivity index (χ4v) is 2.85. The highest BCUT2D eigenvalue weighted by molar-refractivity contribution is 7.13. The lowest BCUT2D eigenvalue weighted by molar-refractivity contribution is -0.132. The maximum atomic E-state index is 11.9. The summed E-state index contributed by atoms with van der Waals surface area (Å²) in [5, 5.41) is 5.53. The van der Waals surface area contributed by atoms with Gasteiger partial charge in [0, 0.05) is 31.6 Å². The van der Waals surface area contributed by atoms with Crippen LogP contribution in [0.2, 0.25) is 0 Å². The number of nitrogens with one attached hydrogen (secondary N) is 1. The molecule has 0 spiro atoms. The first kappa shape index (κ1) is 20.9. The molecule has 2 rings (SSSR count). The Labute approximate surface area is 146 Å². The number of carbonyl (C=O) groups excluding carboxylic acids is 2. The van der Waals surface area contributed by atoms with E-state index in [1.165, 1.54) is 0 Å². The topological polar surface area (TPSA) is 91.6 Å². The molecule has 0 aliphatic carbocycles. The van der Waals surface area contributed by atoms with Gasteiger partial charge in [-0.15, -0.1) is 36.2 Å². The molecule has 22 heavy (non-hydrogen) atoms. The van der Waals surface area contributed by atoms with Crippen molar-refractivity contribution in [3.63, 3.8) is 0 Å². The summed E-state index contributed by atoms with van der Waals surface area (Å²) in [4.78, 5) is 31.3. The number of anilines is 1. The number of aryl methyl sites for hydroxylation is 1. The van der Waals surface area contributed by atoms with Gasteiger partial charge in [-0.2, -0.15) is 0 Å². The largest absolute Gasteiger partial charge is 0.346 e.